The summed E-state index contributed by atoms with van der Waals surface area (Å²) < 4.78 is 21.1. The summed E-state index contributed by atoms with van der Waals surface area (Å²) in [6, 6.07) is 43.6. The van der Waals surface area contributed by atoms with Gasteiger partial charge in [0.1, 0.15) is 0 Å². The number of fused-ring (bicyclic) bond motifs is 3. The molecular weight excluding hydrogens is 829 g/mol. The molecule has 0 aliphatic carbocycles. The van der Waals surface area contributed by atoms with Crippen LogP contribution in [0.1, 0.15) is 29.1 Å². The molecule has 0 N–H and O–H groups in total. The monoisotopic (exact) mass is 873 g/mol. The van der Waals surface area contributed by atoms with Crippen LogP contribution >= 0.6 is 11.3 Å². The SMILES string of the molecule is [2H]C([2H])(c1ccnc(-c2[c-]ccc3c2sc2ccc(-c4ccccc4)cc23)c1)C(C)(C)C.[CH3][Ge]([CH3])([CH3])[c]1ccc(-c2[c-]cccc2)nc1.[Ir]. The molecule has 47 heavy (non-hydrogen) atoms. The average molecular weight is 872 g/mol. The smallest absolute Gasteiger partial charge is 0 e. The van der Waals surface area contributed by atoms with Gasteiger partial charge in [0, 0.05) is 33.7 Å². The molecular formula is C42H40GeIrN2S-2. The van der Waals surface area contributed by atoms with Gasteiger partial charge in [-0.2, -0.15) is 11.3 Å². The Balaban J connectivity index is 0.000000233. The van der Waals surface area contributed by atoms with Gasteiger partial charge in [-0.15, -0.1) is 23.8 Å². The van der Waals surface area contributed by atoms with Crippen LogP contribution in [0, 0.1) is 17.5 Å². The quantitative estimate of drug-likeness (QED) is 0.127. The number of nitrogens with zero attached hydrogens (tertiary/aromatic N) is 2. The first-order chi connectivity index (χ1) is 22.8. The van der Waals surface area contributed by atoms with Crippen molar-refractivity contribution in [3.8, 4) is 33.6 Å². The van der Waals surface area contributed by atoms with E-state index in [9.17, 15) is 0 Å². The molecule has 239 valence electrons. The summed E-state index contributed by atoms with van der Waals surface area (Å²) >= 11 is 0.0250. The van der Waals surface area contributed by atoms with Crippen molar-refractivity contribution in [3.63, 3.8) is 0 Å². The fraction of sp³-hybridized carbons (Fsp3) is 0.190. The molecule has 0 fully saturated rings. The molecule has 5 heteroatoms. The summed E-state index contributed by atoms with van der Waals surface area (Å²) in [5.74, 6) is 7.14. The molecule has 0 aliphatic heterocycles. The molecule has 0 aliphatic rings. The van der Waals surface area contributed by atoms with Gasteiger partial charge in [0.25, 0.3) is 0 Å². The van der Waals surface area contributed by atoms with E-state index in [2.05, 4.69) is 100 Å². The van der Waals surface area contributed by atoms with Gasteiger partial charge >= 0.3 is 99.8 Å². The third kappa shape index (κ3) is 8.55. The first kappa shape index (κ1) is 32.2. The molecule has 0 spiro atoms. The predicted octanol–water partition coefficient (Wildman–Crippen LogP) is 11.3. The van der Waals surface area contributed by atoms with Gasteiger partial charge in [-0.05, 0) is 56.9 Å². The number of benzene rings is 4. The molecule has 0 saturated carbocycles. The van der Waals surface area contributed by atoms with Gasteiger partial charge in [-0.1, -0.05) is 74.2 Å². The topological polar surface area (TPSA) is 25.8 Å². The van der Waals surface area contributed by atoms with Gasteiger partial charge in [0.05, 0.1) is 0 Å². The van der Waals surface area contributed by atoms with Crippen LogP contribution in [0.3, 0.4) is 0 Å². The minimum absolute atomic E-state index is 0. The van der Waals surface area contributed by atoms with Crippen molar-refractivity contribution in [3.05, 3.63) is 139 Å². The normalized spacial score (nSPS) is 12.5. The molecule has 7 aromatic rings. The Labute approximate surface area is 302 Å². The Kier molecular flexibility index (Phi) is 10.1. The third-order valence-electron chi connectivity index (χ3n) is 7.69. The van der Waals surface area contributed by atoms with Crippen molar-refractivity contribution in [2.75, 3.05) is 0 Å². The summed E-state index contributed by atoms with van der Waals surface area (Å²) in [4.78, 5) is 9.13. The van der Waals surface area contributed by atoms with Gasteiger partial charge in [0.15, 0.2) is 0 Å². The maximum absolute atomic E-state index is 8.67. The van der Waals surface area contributed by atoms with E-state index >= 15 is 0 Å². The zero-order valence-electron chi connectivity index (χ0n) is 29.7. The number of rotatable bonds is 5. The number of hydrogen-bond donors (Lipinski definition) is 0. The van der Waals surface area contributed by atoms with Crippen LogP contribution in [-0.2, 0) is 26.5 Å². The van der Waals surface area contributed by atoms with Gasteiger partial charge < -0.3 is 4.98 Å². The van der Waals surface area contributed by atoms with Crippen molar-refractivity contribution in [2.24, 2.45) is 5.41 Å². The van der Waals surface area contributed by atoms with Crippen molar-refractivity contribution >= 4 is 49.2 Å². The van der Waals surface area contributed by atoms with Crippen molar-refractivity contribution < 1.29 is 22.8 Å². The van der Waals surface area contributed by atoms with E-state index in [1.807, 2.05) is 69.4 Å². The first-order valence-corrected chi connectivity index (χ1v) is 23.8. The number of thiophene rings is 1. The number of pyridine rings is 2. The summed E-state index contributed by atoms with van der Waals surface area (Å²) in [7, 11) is 0. The molecule has 0 atom stereocenters. The van der Waals surface area contributed by atoms with Crippen molar-refractivity contribution in [2.45, 2.75) is 44.4 Å². The average Bonchev–Trinajstić information content (AvgIpc) is 3.47. The molecule has 3 heterocycles. The van der Waals surface area contributed by atoms with E-state index in [0.717, 1.165) is 27.2 Å². The molecule has 7 rings (SSSR count). The molecule has 0 amide bonds. The molecule has 3 aromatic heterocycles. The van der Waals surface area contributed by atoms with E-state index in [0.29, 0.717) is 5.56 Å². The summed E-state index contributed by atoms with van der Waals surface area (Å²) in [5, 5.41) is 2.41. The summed E-state index contributed by atoms with van der Waals surface area (Å²) in [6.45, 7) is 5.78. The predicted molar refractivity (Wildman–Crippen MR) is 201 cm³/mol. The minimum Gasteiger partial charge on any atom is 0 e. The van der Waals surface area contributed by atoms with Gasteiger partial charge in [-0.25, -0.2) is 0 Å². The zero-order chi connectivity index (χ0) is 34.1. The zero-order valence-corrected chi connectivity index (χ0v) is 33.0. The van der Waals surface area contributed by atoms with Crippen molar-refractivity contribution in [1.29, 1.82) is 0 Å². The minimum atomic E-state index is -1.72. The molecule has 0 bridgehead atoms. The maximum Gasteiger partial charge on any atom is 0 e. The van der Waals surface area contributed by atoms with E-state index in [1.54, 1.807) is 23.6 Å². The third-order valence-corrected chi connectivity index (χ3v) is 13.1. The Morgan fingerprint density at radius 1 is 0.745 bits per heavy atom. The fourth-order valence-electron chi connectivity index (χ4n) is 5.37. The van der Waals surface area contributed by atoms with Crippen molar-refractivity contribution in [1.82, 2.24) is 9.97 Å². The second-order valence-electron chi connectivity index (χ2n) is 13.5. The molecule has 2 nitrogen and oxygen atoms in total. The van der Waals surface area contributed by atoms with Crippen LogP contribution in [0.25, 0.3) is 53.8 Å². The standard InChI is InChI=1S/C28H24NS.C14H16GeN.Ir/c1-28(2,3)18-19-14-15-29-25(16-19)23-11-7-10-22-24-17-21(20-8-5-4-6-9-20)12-13-26(24)30-27(22)23;1-15(2,3)13-9-10-14(16-11-13)12-7-5-4-6-8-12;/h4-10,12-17H,18H2,1-3H3;4-7,9-11H,1-3H3;/q2*-1;/i18D2;;. The first-order valence-electron chi connectivity index (χ1n) is 16.7. The second-order valence-corrected chi connectivity index (χ2v) is 25.2. The largest absolute Gasteiger partial charge is 0 e. The second kappa shape index (κ2) is 14.8. The molecule has 0 unspecified atom stereocenters. The Hall–Kier alpha value is -3.41. The van der Waals surface area contributed by atoms with Crippen LogP contribution in [0.4, 0.5) is 0 Å². The Morgan fingerprint density at radius 2 is 1.53 bits per heavy atom. The van der Waals surface area contributed by atoms with E-state index < -0.39 is 25.1 Å². The van der Waals surface area contributed by atoms with Gasteiger partial charge in [-0.3, -0.25) is 0 Å². The Morgan fingerprint density at radius 3 is 2.21 bits per heavy atom. The van der Waals surface area contributed by atoms with Crippen LogP contribution in [0.5, 0.6) is 0 Å². The maximum atomic E-state index is 8.67. The van der Waals surface area contributed by atoms with E-state index in [1.165, 1.54) is 31.0 Å². The molecule has 0 saturated heterocycles. The molecule has 1 radical (unpaired) electrons. The van der Waals surface area contributed by atoms with E-state index in [4.69, 9.17) is 2.74 Å². The van der Waals surface area contributed by atoms with Crippen LogP contribution in [-0.4, -0.2) is 23.2 Å². The number of hydrogen-bond acceptors (Lipinski definition) is 3. The summed E-state index contributed by atoms with van der Waals surface area (Å²) in [6.07, 6.45) is 2.28. The van der Waals surface area contributed by atoms with Gasteiger partial charge in [0.2, 0.25) is 0 Å². The van der Waals surface area contributed by atoms with E-state index in [-0.39, 0.29) is 20.1 Å². The fourth-order valence-corrected chi connectivity index (χ4v) is 8.73. The van der Waals surface area contributed by atoms with Crippen LogP contribution in [0.15, 0.2) is 122 Å². The molecule has 4 aromatic carbocycles. The van der Waals surface area contributed by atoms with Crippen LogP contribution in [0.2, 0.25) is 17.3 Å². The Bertz CT molecular complexity index is 2170. The summed E-state index contributed by atoms with van der Waals surface area (Å²) in [5.41, 5.74) is 6.29. The number of aromatic nitrogens is 2. The van der Waals surface area contributed by atoms with Crippen LogP contribution < -0.4 is 4.40 Å².